The number of hydrogen-bond acceptors (Lipinski definition) is 3. The van der Waals surface area contributed by atoms with E-state index in [2.05, 4.69) is 10.6 Å². The predicted octanol–water partition coefficient (Wildman–Crippen LogP) is 0.823. The monoisotopic (exact) mass is 246 g/mol. The van der Waals surface area contributed by atoms with Gasteiger partial charge in [-0.25, -0.2) is 4.79 Å². The van der Waals surface area contributed by atoms with E-state index in [0.29, 0.717) is 19.8 Å². The smallest absolute Gasteiger partial charge is 0.314 e. The van der Waals surface area contributed by atoms with Crippen LogP contribution in [-0.2, 0) is 9.53 Å². The zero-order chi connectivity index (χ0) is 13.3. The first-order valence-electron chi connectivity index (χ1n) is 5.68. The molecule has 17 heavy (non-hydrogen) atoms. The maximum absolute atomic E-state index is 11.3. The molecule has 0 heterocycles. The fourth-order valence-electron chi connectivity index (χ4n) is 1.09. The maximum Gasteiger partial charge on any atom is 0.314 e. The molecule has 6 heteroatoms. The van der Waals surface area contributed by atoms with Crippen LogP contribution in [0.2, 0.25) is 0 Å². The Kier molecular flexibility index (Phi) is 7.29. The van der Waals surface area contributed by atoms with E-state index in [1.165, 1.54) is 0 Å². The lowest BCUT2D eigenvalue weighted by molar-refractivity contribution is -0.136. The van der Waals surface area contributed by atoms with Crippen LogP contribution in [0.1, 0.15) is 27.2 Å². The molecule has 2 amide bonds. The van der Waals surface area contributed by atoms with Crippen LogP contribution in [0.5, 0.6) is 0 Å². The molecule has 0 aliphatic rings. The number of carboxylic acids is 1. The Balaban J connectivity index is 3.71. The minimum Gasteiger partial charge on any atom is -0.481 e. The molecule has 3 N–H and O–H groups in total. The number of carbonyl (C=O) groups excluding carboxylic acids is 1. The molecular weight excluding hydrogens is 224 g/mol. The molecule has 0 spiro atoms. The molecule has 0 saturated carbocycles. The van der Waals surface area contributed by atoms with Crippen molar-refractivity contribution < 1.29 is 19.4 Å². The van der Waals surface area contributed by atoms with E-state index in [9.17, 15) is 9.59 Å². The first-order chi connectivity index (χ1) is 7.87. The second kappa shape index (κ2) is 7.89. The van der Waals surface area contributed by atoms with Crippen LogP contribution in [0, 0.1) is 5.41 Å². The average Bonchev–Trinajstić information content (AvgIpc) is 2.23. The van der Waals surface area contributed by atoms with E-state index in [4.69, 9.17) is 9.84 Å². The third-order valence-electron chi connectivity index (χ3n) is 2.05. The van der Waals surface area contributed by atoms with E-state index in [0.717, 1.165) is 0 Å². The van der Waals surface area contributed by atoms with Crippen molar-refractivity contribution in [2.45, 2.75) is 27.2 Å². The highest BCUT2D eigenvalue weighted by molar-refractivity contribution is 5.74. The second-order valence-electron chi connectivity index (χ2n) is 4.55. The summed E-state index contributed by atoms with van der Waals surface area (Å²) in [4.78, 5) is 21.5. The van der Waals surface area contributed by atoms with E-state index in [1.807, 2.05) is 20.8 Å². The van der Waals surface area contributed by atoms with E-state index >= 15 is 0 Å². The lowest BCUT2D eigenvalue weighted by Gasteiger charge is -2.24. The van der Waals surface area contributed by atoms with Crippen LogP contribution in [-0.4, -0.2) is 43.4 Å². The van der Waals surface area contributed by atoms with Gasteiger partial charge in [-0.05, 0) is 6.92 Å². The van der Waals surface area contributed by atoms with Gasteiger partial charge in [-0.1, -0.05) is 13.8 Å². The molecule has 0 saturated heterocycles. The van der Waals surface area contributed by atoms with Crippen LogP contribution >= 0.6 is 0 Å². The third-order valence-corrected chi connectivity index (χ3v) is 2.05. The van der Waals surface area contributed by atoms with Gasteiger partial charge in [0.25, 0.3) is 0 Å². The molecule has 0 unspecified atom stereocenters. The van der Waals surface area contributed by atoms with Gasteiger partial charge in [0.15, 0.2) is 0 Å². The second-order valence-corrected chi connectivity index (χ2v) is 4.55. The number of nitrogens with one attached hydrogen (secondary N) is 2. The van der Waals surface area contributed by atoms with Crippen molar-refractivity contribution in [2.75, 3.05) is 26.3 Å². The summed E-state index contributed by atoms with van der Waals surface area (Å²) in [6.07, 6.45) is -0.0737. The van der Waals surface area contributed by atoms with E-state index in [-0.39, 0.29) is 24.4 Å². The van der Waals surface area contributed by atoms with Crippen molar-refractivity contribution in [3.05, 3.63) is 0 Å². The number of rotatable bonds is 8. The summed E-state index contributed by atoms with van der Waals surface area (Å²) in [6.45, 7) is 7.72. The highest BCUT2D eigenvalue weighted by Crippen LogP contribution is 2.13. The quantitative estimate of drug-likeness (QED) is 0.591. The van der Waals surface area contributed by atoms with Gasteiger partial charge in [0, 0.05) is 25.1 Å². The summed E-state index contributed by atoms with van der Waals surface area (Å²) in [7, 11) is 0. The van der Waals surface area contributed by atoms with Gasteiger partial charge < -0.3 is 20.5 Å². The molecule has 0 bridgehead atoms. The first-order valence-corrected chi connectivity index (χ1v) is 5.68. The van der Waals surface area contributed by atoms with Crippen molar-refractivity contribution in [3.63, 3.8) is 0 Å². The molecule has 0 aromatic carbocycles. The highest BCUT2D eigenvalue weighted by Gasteiger charge is 2.18. The van der Waals surface area contributed by atoms with Crippen molar-refractivity contribution >= 4 is 12.0 Å². The minimum absolute atomic E-state index is 0.0737. The zero-order valence-electron chi connectivity index (χ0n) is 10.7. The van der Waals surface area contributed by atoms with Crippen molar-refractivity contribution in [1.29, 1.82) is 0 Å². The van der Waals surface area contributed by atoms with Crippen LogP contribution in [0.25, 0.3) is 0 Å². The first kappa shape index (κ1) is 15.7. The number of carboxylic acid groups (broad SMARTS) is 1. The summed E-state index contributed by atoms with van der Waals surface area (Å²) in [5.41, 5.74) is -0.139. The Morgan fingerprint density at radius 3 is 2.47 bits per heavy atom. The van der Waals surface area contributed by atoms with Gasteiger partial charge in [0.1, 0.15) is 0 Å². The standard InChI is InChI=1S/C11H22N2O4/c1-4-17-8-11(2,3)7-13-10(16)12-6-5-9(14)15/h4-8H2,1-3H3,(H,14,15)(H2,12,13,16). The Morgan fingerprint density at radius 1 is 1.29 bits per heavy atom. The Morgan fingerprint density at radius 2 is 1.94 bits per heavy atom. The molecule has 0 aromatic rings. The Bertz CT molecular complexity index is 254. The number of aliphatic carboxylic acids is 1. The third kappa shape index (κ3) is 9.62. The number of urea groups is 1. The van der Waals surface area contributed by atoms with Gasteiger partial charge in [-0.15, -0.1) is 0 Å². The maximum atomic E-state index is 11.3. The van der Waals surface area contributed by atoms with E-state index < -0.39 is 5.97 Å². The predicted molar refractivity (Wildman–Crippen MR) is 63.9 cm³/mol. The van der Waals surface area contributed by atoms with Gasteiger partial charge in [-0.3, -0.25) is 4.79 Å². The molecule has 0 fully saturated rings. The summed E-state index contributed by atoms with van der Waals surface area (Å²) in [5, 5.41) is 13.5. The number of hydrogen-bond donors (Lipinski definition) is 3. The van der Waals surface area contributed by atoms with Crippen LogP contribution in [0.15, 0.2) is 0 Å². The van der Waals surface area contributed by atoms with Crippen molar-refractivity contribution in [2.24, 2.45) is 5.41 Å². The average molecular weight is 246 g/mol. The highest BCUT2D eigenvalue weighted by atomic mass is 16.5. The van der Waals surface area contributed by atoms with Gasteiger partial charge in [0.2, 0.25) is 0 Å². The molecular formula is C11H22N2O4. The summed E-state index contributed by atoms with van der Waals surface area (Å²) in [6, 6.07) is -0.351. The van der Waals surface area contributed by atoms with Gasteiger partial charge >= 0.3 is 12.0 Å². The Labute approximate surface area is 102 Å². The molecule has 0 aromatic heterocycles. The lowest BCUT2D eigenvalue weighted by atomic mass is 9.95. The normalized spacial score (nSPS) is 11.0. The number of amides is 2. The van der Waals surface area contributed by atoms with Gasteiger partial charge in [-0.2, -0.15) is 0 Å². The topological polar surface area (TPSA) is 87.7 Å². The number of ether oxygens (including phenoxy) is 1. The zero-order valence-corrected chi connectivity index (χ0v) is 10.7. The SMILES string of the molecule is CCOCC(C)(C)CNC(=O)NCCC(=O)O. The van der Waals surface area contributed by atoms with Crippen molar-refractivity contribution in [1.82, 2.24) is 10.6 Å². The largest absolute Gasteiger partial charge is 0.481 e. The molecule has 6 nitrogen and oxygen atoms in total. The lowest BCUT2D eigenvalue weighted by Crippen LogP contribution is -2.42. The van der Waals surface area contributed by atoms with E-state index in [1.54, 1.807) is 0 Å². The van der Waals surface area contributed by atoms with Crippen LogP contribution < -0.4 is 10.6 Å². The molecule has 0 aliphatic heterocycles. The summed E-state index contributed by atoms with van der Waals surface area (Å²) in [5.74, 6) is -0.929. The fraction of sp³-hybridized carbons (Fsp3) is 0.818. The minimum atomic E-state index is -0.929. The molecule has 0 atom stereocenters. The molecule has 0 rings (SSSR count). The van der Waals surface area contributed by atoms with Crippen LogP contribution in [0.4, 0.5) is 4.79 Å². The molecule has 100 valence electrons. The molecule has 0 aliphatic carbocycles. The van der Waals surface area contributed by atoms with Crippen LogP contribution in [0.3, 0.4) is 0 Å². The van der Waals surface area contributed by atoms with Gasteiger partial charge in [0.05, 0.1) is 13.0 Å². The Hall–Kier alpha value is -1.30. The molecule has 0 radical (unpaired) electrons. The fourth-order valence-corrected chi connectivity index (χ4v) is 1.09. The van der Waals surface area contributed by atoms with Crippen molar-refractivity contribution in [3.8, 4) is 0 Å². The summed E-state index contributed by atoms with van der Waals surface area (Å²) < 4.78 is 5.29. The summed E-state index contributed by atoms with van der Waals surface area (Å²) >= 11 is 0. The number of carbonyl (C=O) groups is 2.